The van der Waals surface area contributed by atoms with Crippen molar-refractivity contribution in [3.63, 3.8) is 0 Å². The van der Waals surface area contributed by atoms with Gasteiger partial charge in [-0.3, -0.25) is 4.79 Å². The van der Waals surface area contributed by atoms with Gasteiger partial charge < -0.3 is 29.9 Å². The maximum Gasteiger partial charge on any atom is 0.253 e. The molecule has 1 heterocycles. The van der Waals surface area contributed by atoms with E-state index in [1.807, 2.05) is 36.1 Å². The van der Waals surface area contributed by atoms with Crippen LogP contribution in [0.5, 0.6) is 5.75 Å². The lowest BCUT2D eigenvalue weighted by atomic mass is 10.1. The summed E-state index contributed by atoms with van der Waals surface area (Å²) in [6, 6.07) is 7.47. The minimum absolute atomic E-state index is 0.0404. The van der Waals surface area contributed by atoms with E-state index in [0.717, 1.165) is 49.3 Å². The number of aromatic amines is 1. The Morgan fingerprint density at radius 2 is 1.97 bits per heavy atom. The molecular weight excluding hydrogens is 400 g/mol. The minimum atomic E-state index is -0.154. The number of rotatable bonds is 12. The molecule has 0 saturated carbocycles. The molecule has 0 atom stereocenters. The Morgan fingerprint density at radius 3 is 2.63 bits per heavy atom. The van der Waals surface area contributed by atoms with Crippen LogP contribution in [0, 0.1) is 0 Å². The number of nitrogens with one attached hydrogen (secondary N) is 2. The van der Waals surface area contributed by atoms with Crippen molar-refractivity contribution in [3.05, 3.63) is 40.2 Å². The number of aromatic nitrogens is 1. The van der Waals surface area contributed by atoms with Gasteiger partial charge in [-0.2, -0.15) is 0 Å². The number of ether oxygens (including phenoxy) is 1. The van der Waals surface area contributed by atoms with Gasteiger partial charge in [0.05, 0.1) is 19.8 Å². The quantitative estimate of drug-likeness (QED) is 0.349. The number of fused-ring (bicyclic) bond motifs is 1. The zero-order valence-electron chi connectivity index (χ0n) is 18.2. The second-order valence-electron chi connectivity index (χ2n) is 7.06. The van der Waals surface area contributed by atoms with Crippen LogP contribution in [0.25, 0.3) is 10.9 Å². The number of thiocarbonyl (C=S) groups is 1. The summed E-state index contributed by atoms with van der Waals surface area (Å²) in [5.41, 5.74) is 1.20. The molecule has 3 N–H and O–H groups in total. The van der Waals surface area contributed by atoms with Gasteiger partial charge in [-0.15, -0.1) is 0 Å². The standard InChI is InChI=1S/C22H34N4O3S/c1-4-25(5-2)11-7-10-23-22(30)26(12-13-27)16-18-14-17-15-19(29-6-3)8-9-20(17)24-21(18)28/h8-9,14-15,27H,4-7,10-13,16H2,1-3H3,(H,23,30)(H,24,28). The Morgan fingerprint density at radius 1 is 1.20 bits per heavy atom. The van der Waals surface area contributed by atoms with Crippen molar-refractivity contribution in [1.82, 2.24) is 20.1 Å². The SMILES string of the molecule is CCOc1ccc2[nH]c(=O)c(CN(CCO)C(=S)NCCCN(CC)CC)cc2c1. The van der Waals surface area contributed by atoms with E-state index in [1.54, 1.807) is 0 Å². The molecule has 0 spiro atoms. The molecular formula is C22H34N4O3S. The zero-order chi connectivity index (χ0) is 21.9. The van der Waals surface area contributed by atoms with E-state index in [4.69, 9.17) is 17.0 Å². The van der Waals surface area contributed by atoms with Crippen LogP contribution in [0.15, 0.2) is 29.1 Å². The number of H-pyrrole nitrogens is 1. The topological polar surface area (TPSA) is 80.8 Å². The van der Waals surface area contributed by atoms with Gasteiger partial charge in [0.25, 0.3) is 5.56 Å². The largest absolute Gasteiger partial charge is 0.494 e. The molecule has 0 saturated heterocycles. The third-order valence-corrected chi connectivity index (χ3v) is 5.45. The van der Waals surface area contributed by atoms with E-state index in [9.17, 15) is 9.90 Å². The molecule has 0 unspecified atom stereocenters. The van der Waals surface area contributed by atoms with Crippen LogP contribution in [0.1, 0.15) is 32.8 Å². The van der Waals surface area contributed by atoms with Crippen LogP contribution in [0.2, 0.25) is 0 Å². The Balaban J connectivity index is 2.07. The lowest BCUT2D eigenvalue weighted by molar-refractivity contribution is 0.244. The van der Waals surface area contributed by atoms with Crippen molar-refractivity contribution in [2.24, 2.45) is 0 Å². The number of benzene rings is 1. The first kappa shape index (κ1) is 24.1. The van der Waals surface area contributed by atoms with Gasteiger partial charge in [-0.1, -0.05) is 13.8 Å². The molecule has 0 bridgehead atoms. The van der Waals surface area contributed by atoms with Crippen molar-refractivity contribution in [2.75, 3.05) is 45.9 Å². The molecule has 2 rings (SSSR count). The summed E-state index contributed by atoms with van der Waals surface area (Å²) in [5.74, 6) is 0.764. The molecule has 1 aromatic carbocycles. The fourth-order valence-corrected chi connectivity index (χ4v) is 3.59. The average molecular weight is 435 g/mol. The van der Waals surface area contributed by atoms with Crippen molar-refractivity contribution in [3.8, 4) is 5.75 Å². The number of aliphatic hydroxyl groups excluding tert-OH is 1. The summed E-state index contributed by atoms with van der Waals surface area (Å²) in [7, 11) is 0. The molecule has 2 aromatic rings. The van der Waals surface area contributed by atoms with Gasteiger partial charge in [0.15, 0.2) is 5.11 Å². The fraction of sp³-hybridized carbons (Fsp3) is 0.545. The summed E-state index contributed by atoms with van der Waals surface area (Å²) >= 11 is 5.53. The molecule has 0 fully saturated rings. The number of hydrogen-bond donors (Lipinski definition) is 3. The Labute approximate surface area is 184 Å². The van der Waals surface area contributed by atoms with Crippen LogP contribution in [-0.2, 0) is 6.54 Å². The highest BCUT2D eigenvalue weighted by Crippen LogP contribution is 2.19. The molecule has 8 heteroatoms. The van der Waals surface area contributed by atoms with E-state index in [2.05, 4.69) is 29.0 Å². The zero-order valence-corrected chi connectivity index (χ0v) is 19.1. The van der Waals surface area contributed by atoms with Crippen molar-refractivity contribution in [1.29, 1.82) is 0 Å². The van der Waals surface area contributed by atoms with Gasteiger partial charge in [0.2, 0.25) is 0 Å². The molecule has 7 nitrogen and oxygen atoms in total. The maximum atomic E-state index is 12.6. The van der Waals surface area contributed by atoms with Gasteiger partial charge in [-0.25, -0.2) is 0 Å². The summed E-state index contributed by atoms with van der Waals surface area (Å²) in [6.45, 7) is 11.3. The summed E-state index contributed by atoms with van der Waals surface area (Å²) in [4.78, 5) is 19.7. The molecule has 1 aromatic heterocycles. The maximum absolute atomic E-state index is 12.6. The van der Waals surface area contributed by atoms with Crippen molar-refractivity contribution >= 4 is 28.2 Å². The fourth-order valence-electron chi connectivity index (χ4n) is 3.33. The highest BCUT2D eigenvalue weighted by atomic mass is 32.1. The predicted octanol–water partition coefficient (Wildman–Crippen LogP) is 2.33. The second kappa shape index (κ2) is 12.5. The highest BCUT2D eigenvalue weighted by Gasteiger charge is 2.13. The lowest BCUT2D eigenvalue weighted by Gasteiger charge is -2.25. The van der Waals surface area contributed by atoms with Gasteiger partial charge in [0, 0.05) is 29.6 Å². The van der Waals surface area contributed by atoms with Gasteiger partial charge >= 0.3 is 0 Å². The highest BCUT2D eigenvalue weighted by molar-refractivity contribution is 7.80. The molecule has 0 aliphatic carbocycles. The molecule has 0 aliphatic rings. The molecule has 166 valence electrons. The number of pyridine rings is 1. The second-order valence-corrected chi connectivity index (χ2v) is 7.45. The van der Waals surface area contributed by atoms with Gasteiger partial charge in [-0.05, 0) is 69.5 Å². The van der Waals surface area contributed by atoms with Crippen LogP contribution in [0.4, 0.5) is 0 Å². The van der Waals surface area contributed by atoms with E-state index in [-0.39, 0.29) is 12.2 Å². The normalized spacial score (nSPS) is 11.1. The van der Waals surface area contributed by atoms with E-state index in [1.165, 1.54) is 0 Å². The van der Waals surface area contributed by atoms with Crippen LogP contribution >= 0.6 is 12.2 Å². The van der Waals surface area contributed by atoms with Crippen molar-refractivity contribution < 1.29 is 9.84 Å². The third-order valence-electron chi connectivity index (χ3n) is 5.04. The molecule has 0 radical (unpaired) electrons. The van der Waals surface area contributed by atoms with Gasteiger partial charge in [0.1, 0.15) is 5.75 Å². The number of hydrogen-bond acceptors (Lipinski definition) is 5. The Kier molecular flexibility index (Phi) is 10.1. The first-order valence-corrected chi connectivity index (χ1v) is 11.1. The van der Waals surface area contributed by atoms with Crippen molar-refractivity contribution in [2.45, 2.75) is 33.7 Å². The predicted molar refractivity (Wildman–Crippen MR) is 126 cm³/mol. The average Bonchev–Trinajstić information content (AvgIpc) is 2.74. The third kappa shape index (κ3) is 6.97. The lowest BCUT2D eigenvalue weighted by Crippen LogP contribution is -2.42. The Hall–Kier alpha value is -2.16. The summed E-state index contributed by atoms with van der Waals surface area (Å²) in [6.07, 6.45) is 0.978. The van der Waals surface area contributed by atoms with E-state index in [0.29, 0.717) is 30.4 Å². The Bertz CT molecular complexity index is 867. The minimum Gasteiger partial charge on any atom is -0.494 e. The smallest absolute Gasteiger partial charge is 0.253 e. The summed E-state index contributed by atoms with van der Waals surface area (Å²) < 4.78 is 5.56. The molecule has 30 heavy (non-hydrogen) atoms. The first-order chi connectivity index (χ1) is 14.5. The molecule has 0 aliphatic heterocycles. The number of nitrogens with zero attached hydrogens (tertiary/aromatic N) is 2. The van der Waals surface area contributed by atoms with Crippen LogP contribution in [0.3, 0.4) is 0 Å². The van der Waals surface area contributed by atoms with E-state index < -0.39 is 0 Å². The van der Waals surface area contributed by atoms with E-state index >= 15 is 0 Å². The van der Waals surface area contributed by atoms with Crippen LogP contribution in [-0.4, -0.2) is 70.9 Å². The molecule has 0 amide bonds. The monoisotopic (exact) mass is 434 g/mol. The number of aliphatic hydroxyl groups is 1. The first-order valence-electron chi connectivity index (χ1n) is 10.7. The summed E-state index contributed by atoms with van der Waals surface area (Å²) in [5, 5.41) is 14.2. The van der Waals surface area contributed by atoms with Crippen LogP contribution < -0.4 is 15.6 Å².